The van der Waals surface area contributed by atoms with Gasteiger partial charge in [0, 0.05) is 44.0 Å². The van der Waals surface area contributed by atoms with Gasteiger partial charge >= 0.3 is 12.4 Å². The van der Waals surface area contributed by atoms with Crippen molar-refractivity contribution in [1.82, 2.24) is 25.5 Å². The average molecular weight is 519 g/mol. The second-order valence-electron chi connectivity index (χ2n) is 8.12. The Hall–Kier alpha value is -3.65. The summed E-state index contributed by atoms with van der Waals surface area (Å²) < 4.78 is 77.2. The smallest absolute Gasteiger partial charge is 0.377 e. The Bertz CT molecular complexity index is 1120. The maximum Gasteiger partial charge on any atom is 0.423 e. The minimum Gasteiger partial charge on any atom is -0.377 e. The van der Waals surface area contributed by atoms with Crippen molar-refractivity contribution in [3.63, 3.8) is 0 Å². The van der Waals surface area contributed by atoms with Crippen molar-refractivity contribution < 1.29 is 31.1 Å². The first-order valence-corrected chi connectivity index (χ1v) is 10.9. The van der Waals surface area contributed by atoms with Gasteiger partial charge in [-0.2, -0.15) is 31.4 Å². The number of nitrogens with zero attached hydrogens (tertiary/aromatic N) is 4. The lowest BCUT2D eigenvalue weighted by molar-refractivity contribution is -0.139. The number of aromatic nitrogens is 4. The molecule has 1 fully saturated rings. The predicted octanol–water partition coefficient (Wildman–Crippen LogP) is 2.99. The number of halogens is 6. The molecule has 2 aromatic rings. The highest BCUT2D eigenvalue weighted by Crippen LogP contribution is 2.32. The van der Waals surface area contributed by atoms with E-state index in [9.17, 15) is 35.9 Å². The SMILES string of the molecule is C[C@H](/C=C/CNC(=O)C1CCN(c2ncc(C(F)(F)F)cn2)CC1)Nc1cn[nH]c(=O)c1C(F)(F)F. The van der Waals surface area contributed by atoms with Gasteiger partial charge in [0.15, 0.2) is 0 Å². The van der Waals surface area contributed by atoms with Gasteiger partial charge in [-0.1, -0.05) is 12.2 Å². The Morgan fingerprint density at radius 3 is 2.36 bits per heavy atom. The number of carbonyl (C=O) groups is 1. The highest BCUT2D eigenvalue weighted by atomic mass is 19.4. The molecule has 196 valence electrons. The minimum atomic E-state index is -4.86. The second-order valence-corrected chi connectivity index (χ2v) is 8.12. The average Bonchev–Trinajstić information content (AvgIpc) is 2.80. The van der Waals surface area contributed by atoms with E-state index in [1.165, 1.54) is 6.08 Å². The molecular formula is C21H23F6N7O2. The maximum atomic E-state index is 13.1. The van der Waals surface area contributed by atoms with Crippen LogP contribution >= 0.6 is 0 Å². The first-order chi connectivity index (χ1) is 16.9. The van der Waals surface area contributed by atoms with Gasteiger partial charge in [0.2, 0.25) is 11.9 Å². The lowest BCUT2D eigenvalue weighted by atomic mass is 9.96. The Kier molecular flexibility index (Phi) is 8.20. The van der Waals surface area contributed by atoms with Crippen LogP contribution in [0.5, 0.6) is 0 Å². The molecule has 1 aliphatic heterocycles. The molecule has 0 unspecified atom stereocenters. The number of carbonyl (C=O) groups excluding carboxylic acids is 1. The Morgan fingerprint density at radius 1 is 1.14 bits per heavy atom. The van der Waals surface area contributed by atoms with Crippen LogP contribution in [-0.2, 0) is 17.1 Å². The Balaban J connectivity index is 1.45. The molecule has 3 N–H and O–H groups in total. The molecule has 0 aromatic carbocycles. The quantitative estimate of drug-likeness (QED) is 0.381. The zero-order valence-electron chi connectivity index (χ0n) is 19.0. The van der Waals surface area contributed by atoms with Crippen LogP contribution in [0.2, 0.25) is 0 Å². The van der Waals surface area contributed by atoms with Gasteiger partial charge in [0.25, 0.3) is 5.56 Å². The topological polar surface area (TPSA) is 116 Å². The zero-order chi connectivity index (χ0) is 26.5. The standard InChI is InChI=1S/C21H23F6N7O2/c1-12(32-15-11-31-33-18(36)16(15)21(25,26)27)3-2-6-28-17(35)13-4-7-34(8-5-13)19-29-9-14(10-30-19)20(22,23)24/h2-3,9-13H,4-8H2,1H3,(H,28,35)(H2,32,33,36)/b3-2+/t12-/m1/s1. The van der Waals surface area contributed by atoms with E-state index in [2.05, 4.69) is 25.7 Å². The fourth-order valence-corrected chi connectivity index (χ4v) is 3.63. The molecule has 0 radical (unpaired) electrons. The molecule has 36 heavy (non-hydrogen) atoms. The van der Waals surface area contributed by atoms with E-state index < -0.39 is 40.8 Å². The van der Waals surface area contributed by atoms with E-state index in [4.69, 9.17) is 0 Å². The van der Waals surface area contributed by atoms with E-state index in [1.807, 2.05) is 0 Å². The van der Waals surface area contributed by atoms with Crippen molar-refractivity contribution in [3.05, 3.63) is 52.2 Å². The van der Waals surface area contributed by atoms with E-state index >= 15 is 0 Å². The molecule has 3 heterocycles. The monoisotopic (exact) mass is 519 g/mol. The molecule has 1 atom stereocenters. The van der Waals surface area contributed by atoms with Crippen LogP contribution < -0.4 is 21.1 Å². The third kappa shape index (κ3) is 6.95. The van der Waals surface area contributed by atoms with Crippen molar-refractivity contribution in [2.45, 2.75) is 38.2 Å². The first-order valence-electron chi connectivity index (χ1n) is 10.9. The van der Waals surface area contributed by atoms with Crippen molar-refractivity contribution in [1.29, 1.82) is 0 Å². The van der Waals surface area contributed by atoms with E-state index in [0.717, 1.165) is 18.6 Å². The summed E-state index contributed by atoms with van der Waals surface area (Å²) in [4.78, 5) is 33.2. The highest BCUT2D eigenvalue weighted by molar-refractivity contribution is 5.79. The molecule has 9 nitrogen and oxygen atoms in total. The van der Waals surface area contributed by atoms with Gasteiger partial charge in [-0.15, -0.1) is 0 Å². The number of piperidine rings is 1. The van der Waals surface area contributed by atoms with Crippen LogP contribution in [-0.4, -0.2) is 51.7 Å². The van der Waals surface area contributed by atoms with Crippen molar-refractivity contribution in [2.75, 3.05) is 29.9 Å². The molecule has 1 aliphatic rings. The Labute approximate surface area is 201 Å². The van der Waals surface area contributed by atoms with E-state index in [0.29, 0.717) is 25.9 Å². The molecule has 1 amide bonds. The summed E-state index contributed by atoms with van der Waals surface area (Å²) in [5, 5.41) is 10.4. The van der Waals surface area contributed by atoms with Crippen LogP contribution in [0.1, 0.15) is 30.9 Å². The van der Waals surface area contributed by atoms with Gasteiger partial charge in [-0.25, -0.2) is 15.1 Å². The van der Waals surface area contributed by atoms with E-state index in [-0.39, 0.29) is 24.3 Å². The molecule has 3 rings (SSSR count). The number of rotatable bonds is 7. The third-order valence-electron chi connectivity index (χ3n) is 5.46. The van der Waals surface area contributed by atoms with E-state index in [1.54, 1.807) is 23.0 Å². The molecule has 1 saturated heterocycles. The number of anilines is 2. The van der Waals surface area contributed by atoms with Crippen LogP contribution in [0.25, 0.3) is 0 Å². The summed E-state index contributed by atoms with van der Waals surface area (Å²) in [5.41, 5.74) is -4.13. The number of nitrogens with one attached hydrogen (secondary N) is 3. The molecular weight excluding hydrogens is 496 g/mol. The highest BCUT2D eigenvalue weighted by Gasteiger charge is 2.37. The summed E-state index contributed by atoms with van der Waals surface area (Å²) in [6.07, 6.45) is -3.06. The summed E-state index contributed by atoms with van der Waals surface area (Å²) in [5.74, 6) is -0.363. The molecule has 15 heteroatoms. The summed E-state index contributed by atoms with van der Waals surface area (Å²) >= 11 is 0. The maximum absolute atomic E-state index is 13.1. The van der Waals surface area contributed by atoms with Gasteiger partial charge in [0.1, 0.15) is 5.56 Å². The molecule has 0 saturated carbocycles. The predicted molar refractivity (Wildman–Crippen MR) is 117 cm³/mol. The first kappa shape index (κ1) is 26.9. The number of amides is 1. The number of aromatic amines is 1. The summed E-state index contributed by atoms with van der Waals surface area (Å²) in [6, 6.07) is -0.599. The number of H-pyrrole nitrogens is 1. The largest absolute Gasteiger partial charge is 0.423 e. The lowest BCUT2D eigenvalue weighted by Crippen LogP contribution is -2.41. The van der Waals surface area contributed by atoms with Crippen LogP contribution in [0.15, 0.2) is 35.5 Å². The molecule has 2 aromatic heterocycles. The number of hydrogen-bond acceptors (Lipinski definition) is 7. The fraction of sp³-hybridized carbons (Fsp3) is 0.476. The molecule has 0 spiro atoms. The van der Waals surface area contributed by atoms with Crippen LogP contribution in [0.3, 0.4) is 0 Å². The molecule has 0 aliphatic carbocycles. The van der Waals surface area contributed by atoms with Gasteiger partial charge in [-0.3, -0.25) is 9.59 Å². The van der Waals surface area contributed by atoms with Crippen molar-refractivity contribution in [2.24, 2.45) is 5.92 Å². The van der Waals surface area contributed by atoms with Crippen molar-refractivity contribution in [3.8, 4) is 0 Å². The van der Waals surface area contributed by atoms with Crippen LogP contribution in [0.4, 0.5) is 38.0 Å². The second kappa shape index (κ2) is 11.0. The molecule has 0 bridgehead atoms. The zero-order valence-corrected chi connectivity index (χ0v) is 19.0. The van der Waals surface area contributed by atoms with Crippen LogP contribution in [0, 0.1) is 5.92 Å². The van der Waals surface area contributed by atoms with Crippen molar-refractivity contribution >= 4 is 17.5 Å². The minimum absolute atomic E-state index is 0.132. The summed E-state index contributed by atoms with van der Waals surface area (Å²) in [7, 11) is 0. The number of hydrogen-bond donors (Lipinski definition) is 3. The summed E-state index contributed by atoms with van der Waals surface area (Å²) in [6.45, 7) is 2.49. The number of alkyl halides is 6. The van der Waals surface area contributed by atoms with Gasteiger partial charge in [-0.05, 0) is 19.8 Å². The lowest BCUT2D eigenvalue weighted by Gasteiger charge is -2.31. The third-order valence-corrected chi connectivity index (χ3v) is 5.46. The normalized spacial score (nSPS) is 16.2. The Morgan fingerprint density at radius 2 is 1.78 bits per heavy atom. The van der Waals surface area contributed by atoms with Gasteiger partial charge in [0.05, 0.1) is 17.4 Å². The van der Waals surface area contributed by atoms with Gasteiger partial charge < -0.3 is 15.5 Å². The fourth-order valence-electron chi connectivity index (χ4n) is 3.63.